The van der Waals surface area contributed by atoms with Gasteiger partial charge in [0.2, 0.25) is 0 Å². The molecule has 7 nitrogen and oxygen atoms in total. The summed E-state index contributed by atoms with van der Waals surface area (Å²) in [5, 5.41) is 0.451. The van der Waals surface area contributed by atoms with Crippen LogP contribution in [-0.2, 0) is 24.4 Å². The molecule has 202 valence electrons. The molecule has 4 rings (SSSR count). The Bertz CT molecular complexity index is 1200. The summed E-state index contributed by atoms with van der Waals surface area (Å²) in [6.45, 7) is 11.6. The van der Waals surface area contributed by atoms with E-state index in [4.69, 9.17) is 16.3 Å². The zero-order valence-corrected chi connectivity index (χ0v) is 23.0. The van der Waals surface area contributed by atoms with Crippen LogP contribution in [0.2, 0.25) is 5.02 Å². The van der Waals surface area contributed by atoms with Crippen LogP contribution < -0.4 is 4.90 Å². The van der Waals surface area contributed by atoms with Gasteiger partial charge >= 0.3 is 5.97 Å². The minimum atomic E-state index is -0.339. The largest absolute Gasteiger partial charge is 0.459 e. The number of anilines is 1. The van der Waals surface area contributed by atoms with E-state index < -0.39 is 0 Å². The summed E-state index contributed by atoms with van der Waals surface area (Å²) in [7, 11) is 0. The van der Waals surface area contributed by atoms with Gasteiger partial charge in [0, 0.05) is 68.8 Å². The molecule has 9 heteroatoms. The molecule has 38 heavy (non-hydrogen) atoms. The minimum Gasteiger partial charge on any atom is -0.459 e. The molecule has 0 bridgehead atoms. The lowest BCUT2D eigenvalue weighted by Crippen LogP contribution is -2.46. The Hall–Kier alpha value is -3.07. The van der Waals surface area contributed by atoms with Crippen molar-refractivity contribution in [3.63, 3.8) is 0 Å². The number of carbonyl (C=O) groups is 1. The van der Waals surface area contributed by atoms with Crippen molar-refractivity contribution >= 4 is 23.4 Å². The first kappa shape index (κ1) is 28.0. The van der Waals surface area contributed by atoms with Gasteiger partial charge in [-0.15, -0.1) is 0 Å². The fourth-order valence-electron chi connectivity index (χ4n) is 4.52. The number of piperazine rings is 1. The number of hydrogen-bond donors (Lipinski definition) is 0. The highest BCUT2D eigenvalue weighted by molar-refractivity contribution is 6.31. The van der Waals surface area contributed by atoms with Crippen LogP contribution in [0, 0.1) is 5.82 Å². The lowest BCUT2D eigenvalue weighted by atomic mass is 10.1. The highest BCUT2D eigenvalue weighted by atomic mass is 35.5. The maximum atomic E-state index is 14.2. The number of ether oxygens (including phenoxy) is 1. The predicted octanol–water partition coefficient (Wildman–Crippen LogP) is 5.18. The first-order valence-electron chi connectivity index (χ1n) is 13.1. The maximum Gasteiger partial charge on any atom is 0.342 e. The third-order valence-corrected chi connectivity index (χ3v) is 6.94. The van der Waals surface area contributed by atoms with Crippen LogP contribution in [0.5, 0.6) is 0 Å². The number of esters is 1. The predicted molar refractivity (Wildman–Crippen MR) is 148 cm³/mol. The van der Waals surface area contributed by atoms with Gasteiger partial charge in [-0.1, -0.05) is 30.7 Å². The van der Waals surface area contributed by atoms with Crippen molar-refractivity contribution in [3.8, 4) is 0 Å². The molecule has 1 aliphatic rings. The summed E-state index contributed by atoms with van der Waals surface area (Å²) < 4.78 is 19.6. The van der Waals surface area contributed by atoms with Gasteiger partial charge in [0.25, 0.3) is 0 Å². The third kappa shape index (κ3) is 7.28. The Balaban J connectivity index is 1.31. The highest BCUT2D eigenvalue weighted by Crippen LogP contribution is 2.23. The average molecular weight is 540 g/mol. The molecule has 0 radical (unpaired) electrons. The molecule has 1 fully saturated rings. The number of carbonyl (C=O) groups excluding carboxylic acids is 1. The van der Waals surface area contributed by atoms with E-state index >= 15 is 0 Å². The van der Waals surface area contributed by atoms with Crippen molar-refractivity contribution in [1.82, 2.24) is 19.8 Å². The molecule has 3 heterocycles. The van der Waals surface area contributed by atoms with Gasteiger partial charge in [-0.05, 0) is 56.3 Å². The van der Waals surface area contributed by atoms with Gasteiger partial charge < -0.3 is 9.64 Å². The van der Waals surface area contributed by atoms with Gasteiger partial charge in [0.05, 0.1) is 11.8 Å². The Morgan fingerprint density at radius 3 is 2.53 bits per heavy atom. The Labute approximate surface area is 229 Å². The molecule has 0 atom stereocenters. The molecule has 1 saturated heterocycles. The lowest BCUT2D eigenvalue weighted by molar-refractivity contribution is 0.0378. The molecular weight excluding hydrogens is 505 g/mol. The van der Waals surface area contributed by atoms with E-state index in [1.54, 1.807) is 30.5 Å². The third-order valence-electron chi connectivity index (χ3n) is 6.59. The maximum absolute atomic E-state index is 14.2. The molecule has 2 aromatic heterocycles. The van der Waals surface area contributed by atoms with Gasteiger partial charge in [0.1, 0.15) is 17.2 Å². The van der Waals surface area contributed by atoms with Crippen LogP contribution in [0.15, 0.2) is 54.9 Å². The van der Waals surface area contributed by atoms with E-state index in [2.05, 4.69) is 43.7 Å². The van der Waals surface area contributed by atoms with E-state index in [1.165, 1.54) is 6.07 Å². The van der Waals surface area contributed by atoms with Crippen LogP contribution in [-0.4, -0.2) is 64.6 Å². The van der Waals surface area contributed by atoms with Crippen molar-refractivity contribution in [3.05, 3.63) is 88.1 Å². The molecule has 0 unspecified atom stereocenters. The lowest BCUT2D eigenvalue weighted by Gasteiger charge is -2.35. The van der Waals surface area contributed by atoms with Gasteiger partial charge in [-0.25, -0.2) is 14.2 Å². The normalized spacial score (nSPS) is 14.3. The van der Waals surface area contributed by atoms with Crippen LogP contribution in [0.25, 0.3) is 0 Å². The van der Waals surface area contributed by atoms with E-state index in [1.807, 2.05) is 20.0 Å². The molecule has 1 aromatic carbocycles. The second kappa shape index (κ2) is 13.1. The van der Waals surface area contributed by atoms with Gasteiger partial charge in [0.15, 0.2) is 0 Å². The summed E-state index contributed by atoms with van der Waals surface area (Å²) in [4.78, 5) is 28.3. The summed E-state index contributed by atoms with van der Waals surface area (Å²) in [5.41, 5.74) is 3.10. The van der Waals surface area contributed by atoms with Gasteiger partial charge in [-0.3, -0.25) is 14.8 Å². The van der Waals surface area contributed by atoms with Crippen molar-refractivity contribution in [2.45, 2.75) is 46.5 Å². The number of pyridine rings is 2. The molecule has 0 saturated carbocycles. The molecule has 1 aliphatic heterocycles. The van der Waals surface area contributed by atoms with Crippen molar-refractivity contribution in [2.75, 3.05) is 37.6 Å². The van der Waals surface area contributed by atoms with E-state index in [0.29, 0.717) is 35.1 Å². The molecule has 0 amide bonds. The summed E-state index contributed by atoms with van der Waals surface area (Å²) in [6, 6.07) is 12.5. The van der Waals surface area contributed by atoms with Crippen molar-refractivity contribution < 1.29 is 13.9 Å². The van der Waals surface area contributed by atoms with E-state index in [0.717, 1.165) is 50.5 Å². The SMILES string of the molecule is CCN(Cc1ccc(CN2CCN(c3ncccc3C(=O)OC(C)C)CC2)nc1)Cc1c(F)cccc1Cl. The molecule has 0 spiro atoms. The van der Waals surface area contributed by atoms with E-state index in [-0.39, 0.29) is 17.9 Å². The monoisotopic (exact) mass is 539 g/mol. The fraction of sp³-hybridized carbons (Fsp3) is 0.414. The number of aromatic nitrogens is 2. The molecule has 0 aliphatic carbocycles. The summed E-state index contributed by atoms with van der Waals surface area (Å²) in [6.07, 6.45) is 3.43. The van der Waals surface area contributed by atoms with Crippen LogP contribution >= 0.6 is 11.6 Å². The topological polar surface area (TPSA) is 61.8 Å². The number of rotatable bonds is 10. The summed E-state index contributed by atoms with van der Waals surface area (Å²) >= 11 is 6.22. The van der Waals surface area contributed by atoms with Crippen LogP contribution in [0.3, 0.4) is 0 Å². The molecule has 3 aromatic rings. The van der Waals surface area contributed by atoms with Crippen molar-refractivity contribution in [1.29, 1.82) is 0 Å². The second-order valence-electron chi connectivity index (χ2n) is 9.75. The zero-order chi connectivity index (χ0) is 27.1. The fourth-order valence-corrected chi connectivity index (χ4v) is 4.74. The quantitative estimate of drug-likeness (QED) is 0.329. The zero-order valence-electron chi connectivity index (χ0n) is 22.2. The number of halogens is 2. The first-order valence-corrected chi connectivity index (χ1v) is 13.4. The first-order chi connectivity index (χ1) is 18.3. The standard InChI is InChI=1S/C29H35ClFN5O2/c1-4-34(20-25-26(30)8-5-9-27(25)31)18-22-10-11-23(33-17-22)19-35-13-15-36(16-14-35)28-24(7-6-12-32-28)29(37)38-21(2)3/h5-12,17,21H,4,13-16,18-20H2,1-3H3. The van der Waals surface area contributed by atoms with Gasteiger partial charge in [-0.2, -0.15) is 0 Å². The Kier molecular flexibility index (Phi) is 9.66. The minimum absolute atomic E-state index is 0.179. The second-order valence-corrected chi connectivity index (χ2v) is 10.2. The Morgan fingerprint density at radius 2 is 1.87 bits per heavy atom. The Morgan fingerprint density at radius 1 is 1.08 bits per heavy atom. The molecular formula is C29H35ClFN5O2. The van der Waals surface area contributed by atoms with Crippen molar-refractivity contribution in [2.24, 2.45) is 0 Å². The van der Waals surface area contributed by atoms with Crippen LogP contribution in [0.4, 0.5) is 10.2 Å². The molecule has 0 N–H and O–H groups in total. The highest BCUT2D eigenvalue weighted by Gasteiger charge is 2.24. The summed E-state index contributed by atoms with van der Waals surface area (Å²) in [5.74, 6) is 0.0603. The van der Waals surface area contributed by atoms with Crippen LogP contribution in [0.1, 0.15) is 48.0 Å². The average Bonchev–Trinajstić information content (AvgIpc) is 2.91. The smallest absolute Gasteiger partial charge is 0.342 e. The number of benzene rings is 1. The number of hydrogen-bond acceptors (Lipinski definition) is 7. The van der Waals surface area contributed by atoms with E-state index in [9.17, 15) is 9.18 Å². The number of nitrogens with zero attached hydrogens (tertiary/aromatic N) is 5.